The van der Waals surface area contributed by atoms with Crippen LogP contribution in [0, 0.1) is 0 Å². The maximum Gasteiger partial charge on any atom is 0.416 e. The molecule has 0 aliphatic carbocycles. The minimum Gasteiger partial charge on any atom is -0.468 e. The van der Waals surface area contributed by atoms with Crippen molar-refractivity contribution in [2.75, 3.05) is 13.7 Å². The van der Waals surface area contributed by atoms with Gasteiger partial charge in [0.25, 0.3) is 0 Å². The Hall–Kier alpha value is -1.77. The van der Waals surface area contributed by atoms with Gasteiger partial charge >= 0.3 is 18.3 Å². The van der Waals surface area contributed by atoms with E-state index in [0.717, 1.165) is 19.2 Å². The lowest BCUT2D eigenvalue weighted by molar-refractivity contribution is -0.146. The van der Waals surface area contributed by atoms with Crippen LogP contribution in [0.4, 0.5) is 26.3 Å². The molecule has 3 nitrogen and oxygen atoms in total. The first-order valence-electron chi connectivity index (χ1n) is 5.59. The average molecular weight is 315 g/mol. The smallest absolute Gasteiger partial charge is 0.416 e. The van der Waals surface area contributed by atoms with E-state index >= 15 is 0 Å². The van der Waals surface area contributed by atoms with Crippen LogP contribution in [0.1, 0.15) is 17.2 Å². The Morgan fingerprint density at radius 3 is 2.05 bits per heavy atom. The van der Waals surface area contributed by atoms with Crippen molar-refractivity contribution in [1.82, 2.24) is 5.32 Å². The predicted octanol–water partition coefficient (Wildman–Crippen LogP) is 3.07. The second kappa shape index (κ2) is 6.33. The van der Waals surface area contributed by atoms with Gasteiger partial charge in [0.2, 0.25) is 0 Å². The Labute approximate surface area is 115 Å². The number of carbonyl (C=O) groups excluding carboxylic acids is 1. The van der Waals surface area contributed by atoms with Crippen molar-refractivity contribution in [3.8, 4) is 0 Å². The summed E-state index contributed by atoms with van der Waals surface area (Å²) in [6.07, 6.45) is -9.14. The monoisotopic (exact) mass is 315 g/mol. The summed E-state index contributed by atoms with van der Waals surface area (Å²) in [7, 11) is 0.967. The molecular formula is C12H11F6NO2. The highest BCUT2D eigenvalue weighted by atomic mass is 19.4. The van der Waals surface area contributed by atoms with Gasteiger partial charge in [0.1, 0.15) is 6.04 Å². The lowest BCUT2D eigenvalue weighted by Gasteiger charge is -2.18. The van der Waals surface area contributed by atoms with Gasteiger partial charge in [-0.15, -0.1) is 0 Å². The minimum atomic E-state index is -4.57. The van der Waals surface area contributed by atoms with E-state index in [9.17, 15) is 31.1 Å². The van der Waals surface area contributed by atoms with Crippen molar-refractivity contribution in [3.05, 3.63) is 35.4 Å². The summed E-state index contributed by atoms with van der Waals surface area (Å²) >= 11 is 0. The molecule has 0 bridgehead atoms. The minimum absolute atomic E-state index is 0.0564. The molecule has 1 rings (SSSR count). The van der Waals surface area contributed by atoms with E-state index in [-0.39, 0.29) is 5.56 Å². The molecule has 0 radical (unpaired) electrons. The van der Waals surface area contributed by atoms with Crippen molar-refractivity contribution in [1.29, 1.82) is 0 Å². The highest BCUT2D eigenvalue weighted by molar-refractivity contribution is 5.77. The maximum absolute atomic E-state index is 12.4. The number of methoxy groups -OCH3 is 1. The first-order valence-corrected chi connectivity index (χ1v) is 5.59. The Kier molecular flexibility index (Phi) is 5.21. The number of hydrogen-bond acceptors (Lipinski definition) is 3. The van der Waals surface area contributed by atoms with Crippen LogP contribution < -0.4 is 5.32 Å². The molecule has 0 saturated carbocycles. The van der Waals surface area contributed by atoms with Gasteiger partial charge in [-0.2, -0.15) is 26.3 Å². The molecule has 0 fully saturated rings. The second-order valence-electron chi connectivity index (χ2n) is 4.07. The summed E-state index contributed by atoms with van der Waals surface area (Å²) in [5.41, 5.74) is -1.02. The third-order valence-electron chi connectivity index (χ3n) is 2.51. The molecule has 0 saturated heterocycles. The van der Waals surface area contributed by atoms with Crippen LogP contribution >= 0.6 is 0 Å². The molecule has 1 unspecified atom stereocenters. The fraction of sp³-hybridized carbons (Fsp3) is 0.417. The highest BCUT2D eigenvalue weighted by Gasteiger charge is 2.33. The summed E-state index contributed by atoms with van der Waals surface area (Å²) in [5, 5.41) is 1.90. The van der Waals surface area contributed by atoms with E-state index < -0.39 is 36.5 Å². The lowest BCUT2D eigenvalue weighted by atomic mass is 10.0. The standard InChI is InChI=1S/C12H11F6NO2/c1-21-10(20)9(19-6-11(13,14)15)7-2-4-8(5-3-7)12(16,17)18/h2-5,9,19H,6H2,1H3. The van der Waals surface area contributed by atoms with Crippen molar-refractivity contribution in [2.24, 2.45) is 0 Å². The van der Waals surface area contributed by atoms with E-state index in [1.165, 1.54) is 0 Å². The molecule has 1 aromatic carbocycles. The molecule has 0 heterocycles. The van der Waals surface area contributed by atoms with Crippen LogP contribution in [-0.4, -0.2) is 25.8 Å². The van der Waals surface area contributed by atoms with Gasteiger partial charge in [0.15, 0.2) is 0 Å². The van der Waals surface area contributed by atoms with E-state index in [1.54, 1.807) is 0 Å². The number of rotatable bonds is 4. The molecule has 1 aromatic rings. The number of ether oxygens (including phenoxy) is 1. The van der Waals surface area contributed by atoms with Crippen LogP contribution in [0.2, 0.25) is 0 Å². The molecule has 0 aliphatic rings. The summed E-state index contributed by atoms with van der Waals surface area (Å²) < 4.78 is 78.0. The van der Waals surface area contributed by atoms with Crippen molar-refractivity contribution in [2.45, 2.75) is 18.4 Å². The number of esters is 1. The summed E-state index contributed by atoms with van der Waals surface area (Å²) in [6.45, 7) is -1.48. The zero-order valence-electron chi connectivity index (χ0n) is 10.7. The Bertz CT molecular complexity index is 480. The van der Waals surface area contributed by atoms with Crippen LogP contribution in [0.15, 0.2) is 24.3 Å². The lowest BCUT2D eigenvalue weighted by Crippen LogP contribution is -2.36. The number of halogens is 6. The molecule has 0 amide bonds. The van der Waals surface area contributed by atoms with E-state index in [1.807, 2.05) is 5.32 Å². The predicted molar refractivity (Wildman–Crippen MR) is 60.3 cm³/mol. The number of carbonyl (C=O) groups is 1. The molecule has 118 valence electrons. The number of benzene rings is 1. The molecule has 0 aromatic heterocycles. The van der Waals surface area contributed by atoms with E-state index in [2.05, 4.69) is 4.74 Å². The maximum atomic E-state index is 12.4. The van der Waals surface area contributed by atoms with Gasteiger partial charge in [-0.05, 0) is 17.7 Å². The SMILES string of the molecule is COC(=O)C(NCC(F)(F)F)c1ccc(C(F)(F)F)cc1. The molecule has 1 atom stereocenters. The first-order chi connectivity index (χ1) is 9.54. The molecular weight excluding hydrogens is 304 g/mol. The normalized spacial score (nSPS) is 13.9. The Balaban J connectivity index is 2.96. The van der Waals surface area contributed by atoms with Crippen molar-refractivity contribution >= 4 is 5.97 Å². The van der Waals surface area contributed by atoms with Gasteiger partial charge in [-0.3, -0.25) is 5.32 Å². The van der Waals surface area contributed by atoms with E-state index in [0.29, 0.717) is 12.1 Å². The van der Waals surface area contributed by atoms with Crippen LogP contribution in [0.5, 0.6) is 0 Å². The van der Waals surface area contributed by atoms with Crippen molar-refractivity contribution in [3.63, 3.8) is 0 Å². The zero-order valence-corrected chi connectivity index (χ0v) is 10.7. The quantitative estimate of drug-likeness (QED) is 0.685. The number of hydrogen-bond donors (Lipinski definition) is 1. The van der Waals surface area contributed by atoms with Crippen molar-refractivity contribution < 1.29 is 35.9 Å². The first kappa shape index (κ1) is 17.3. The molecule has 1 N–H and O–H groups in total. The van der Waals surface area contributed by atoms with Gasteiger partial charge in [0.05, 0.1) is 19.2 Å². The number of nitrogens with one attached hydrogen (secondary N) is 1. The second-order valence-corrected chi connectivity index (χ2v) is 4.07. The number of alkyl halides is 6. The third-order valence-corrected chi connectivity index (χ3v) is 2.51. The van der Waals surface area contributed by atoms with Gasteiger partial charge in [-0.25, -0.2) is 4.79 Å². The Morgan fingerprint density at radius 2 is 1.67 bits per heavy atom. The van der Waals surface area contributed by atoms with E-state index in [4.69, 9.17) is 0 Å². The summed E-state index contributed by atoms with van der Waals surface area (Å²) in [5.74, 6) is -1.03. The summed E-state index contributed by atoms with van der Waals surface area (Å²) in [6, 6.07) is 1.71. The van der Waals surface area contributed by atoms with Crippen LogP contribution in [-0.2, 0) is 15.7 Å². The average Bonchev–Trinajstić information content (AvgIpc) is 2.36. The topological polar surface area (TPSA) is 38.3 Å². The van der Waals surface area contributed by atoms with Gasteiger partial charge in [0, 0.05) is 0 Å². The third kappa shape index (κ3) is 5.25. The largest absolute Gasteiger partial charge is 0.468 e. The van der Waals surface area contributed by atoms with Gasteiger partial charge < -0.3 is 4.74 Å². The molecule has 0 aliphatic heterocycles. The fourth-order valence-corrected chi connectivity index (χ4v) is 1.54. The molecule has 21 heavy (non-hydrogen) atoms. The van der Waals surface area contributed by atoms with Crippen LogP contribution in [0.25, 0.3) is 0 Å². The Morgan fingerprint density at radius 1 is 1.14 bits per heavy atom. The zero-order chi connectivity index (χ0) is 16.3. The molecule has 0 spiro atoms. The fourth-order valence-electron chi connectivity index (χ4n) is 1.54. The van der Waals surface area contributed by atoms with Crippen LogP contribution in [0.3, 0.4) is 0 Å². The van der Waals surface area contributed by atoms with Gasteiger partial charge in [-0.1, -0.05) is 12.1 Å². The summed E-state index contributed by atoms with van der Waals surface area (Å²) in [4.78, 5) is 11.4. The molecule has 9 heteroatoms. The highest BCUT2D eigenvalue weighted by Crippen LogP contribution is 2.30.